The molecule has 0 saturated heterocycles. The zero-order valence-electron chi connectivity index (χ0n) is 14.1. The molecule has 0 aliphatic rings. The van der Waals surface area contributed by atoms with E-state index in [-0.39, 0.29) is 45.5 Å². The topological polar surface area (TPSA) is 207 Å². The Hall–Kier alpha value is -1.72. The van der Waals surface area contributed by atoms with E-state index in [0.717, 1.165) is 24.3 Å². The Labute approximate surface area is 201 Å². The van der Waals surface area contributed by atoms with Gasteiger partial charge in [-0.1, -0.05) is 24.3 Å². The van der Waals surface area contributed by atoms with Crippen LogP contribution in [0.2, 0.25) is 0 Å². The number of aromatic carboxylic acids is 2. The van der Waals surface area contributed by atoms with Crippen molar-refractivity contribution in [3.8, 4) is 11.5 Å². The van der Waals surface area contributed by atoms with Crippen LogP contribution in [0.4, 0.5) is 0 Å². The number of hydrogen-bond acceptors (Lipinski definition) is 10. The summed E-state index contributed by atoms with van der Waals surface area (Å²) in [7, 11) is -9.45. The van der Waals surface area contributed by atoms with Crippen LogP contribution in [0.15, 0.2) is 48.5 Å². The second-order valence-electron chi connectivity index (χ2n) is 4.59. The largest absolute Gasteiger partial charge is 2.00 e. The summed E-state index contributed by atoms with van der Waals surface area (Å²) >= 11 is 0. The summed E-state index contributed by atoms with van der Waals surface area (Å²) in [5.74, 6) is -4.17. The number of carboxylic acid groups (broad SMARTS) is 2. The van der Waals surface area contributed by atoms with Crippen molar-refractivity contribution in [2.75, 3.05) is 0 Å². The van der Waals surface area contributed by atoms with Crippen LogP contribution in [0.25, 0.3) is 0 Å². The molecule has 0 fully saturated rings. The summed E-state index contributed by atoms with van der Waals surface area (Å²) < 4.78 is 65.8. The van der Waals surface area contributed by atoms with Gasteiger partial charge in [0.05, 0.1) is 11.9 Å². The van der Waals surface area contributed by atoms with Crippen molar-refractivity contribution < 1.29 is 54.1 Å². The minimum absolute atomic E-state index is 0. The normalized spacial score (nSPS) is 10.6. The number of benzene rings is 2. The number of rotatable bonds is 6. The minimum atomic E-state index is -4.72. The van der Waals surface area contributed by atoms with E-state index in [0.29, 0.717) is 0 Å². The molecular weight excluding hydrogens is 512 g/mol. The molecule has 152 valence electrons. The molecule has 29 heavy (non-hydrogen) atoms. The van der Waals surface area contributed by atoms with Gasteiger partial charge in [-0.2, -0.15) is 16.8 Å². The predicted octanol–water partition coefficient (Wildman–Crippen LogP) is -1.92. The summed E-state index contributed by atoms with van der Waals surface area (Å²) in [4.78, 5) is 20.9. The fraction of sp³-hybridized carbons (Fsp3) is 0. The second-order valence-corrected chi connectivity index (χ2v) is 6.63. The van der Waals surface area contributed by atoms with Crippen LogP contribution >= 0.6 is 0 Å². The summed E-state index contributed by atoms with van der Waals surface area (Å²) in [6, 6.07) is 9.79. The van der Waals surface area contributed by atoms with Crippen LogP contribution in [0.3, 0.4) is 0 Å². The van der Waals surface area contributed by atoms with Crippen LogP contribution in [0, 0.1) is 0 Å². The first-order valence-corrected chi connectivity index (χ1v) is 9.47. The average molecular weight is 522 g/mol. The molecule has 2 aromatic carbocycles. The SMILES string of the molecule is O=C([O-])c1ccccc1OS(=O)(=O)O.O=C([O-])c1ccccc1OS(=O)(=O)O.[Sr+2]. The Morgan fingerprint density at radius 1 is 0.690 bits per heavy atom. The van der Waals surface area contributed by atoms with Gasteiger partial charge < -0.3 is 28.2 Å². The van der Waals surface area contributed by atoms with Crippen LogP contribution in [-0.2, 0) is 20.8 Å². The fourth-order valence-electron chi connectivity index (χ4n) is 1.64. The molecule has 0 bridgehead atoms. The quantitative estimate of drug-likeness (QED) is 0.315. The van der Waals surface area contributed by atoms with Gasteiger partial charge in [0.15, 0.2) is 11.5 Å². The van der Waals surface area contributed by atoms with Crippen molar-refractivity contribution in [1.29, 1.82) is 0 Å². The molecule has 2 N–H and O–H groups in total. The number of carboxylic acids is 2. The first-order chi connectivity index (χ1) is 12.8. The van der Waals surface area contributed by atoms with Gasteiger partial charge in [0.25, 0.3) is 0 Å². The van der Waals surface area contributed by atoms with Gasteiger partial charge in [-0.3, -0.25) is 9.11 Å². The summed E-state index contributed by atoms with van der Waals surface area (Å²) in [6.07, 6.45) is 0. The van der Waals surface area contributed by atoms with Crippen molar-refractivity contribution in [2.45, 2.75) is 0 Å². The third-order valence-electron chi connectivity index (χ3n) is 2.60. The molecule has 0 spiro atoms. The van der Waals surface area contributed by atoms with Crippen LogP contribution in [0.1, 0.15) is 20.7 Å². The van der Waals surface area contributed by atoms with E-state index in [1.807, 2.05) is 0 Å². The molecule has 0 aliphatic carbocycles. The molecule has 0 radical (unpaired) electrons. The van der Waals surface area contributed by atoms with Gasteiger partial charge in [0.2, 0.25) is 0 Å². The maximum atomic E-state index is 10.4. The Morgan fingerprint density at radius 3 is 1.21 bits per heavy atom. The van der Waals surface area contributed by atoms with E-state index in [9.17, 15) is 36.6 Å². The fourth-order valence-corrected chi connectivity index (χ4v) is 2.39. The molecule has 12 nitrogen and oxygen atoms in total. The van der Waals surface area contributed by atoms with Gasteiger partial charge in [0.1, 0.15) is 0 Å². The van der Waals surface area contributed by atoms with Crippen molar-refractivity contribution in [3.63, 3.8) is 0 Å². The zero-order valence-corrected chi connectivity index (χ0v) is 19.2. The maximum absolute atomic E-state index is 10.4. The van der Waals surface area contributed by atoms with Crippen molar-refractivity contribution >= 4 is 78.2 Å². The standard InChI is InChI=1S/2C7H6O6S.Sr/c2*8-7(9)5-3-1-2-4-6(5)13-14(10,11)12;/h2*1-4H,(H,8,9)(H,10,11,12);/q;;+2/p-2. The van der Waals surface area contributed by atoms with E-state index < -0.39 is 55.4 Å². The van der Waals surface area contributed by atoms with Crippen LogP contribution in [0.5, 0.6) is 11.5 Å². The first-order valence-electron chi connectivity index (χ1n) is 6.74. The third-order valence-corrected chi connectivity index (χ3v) is 3.38. The summed E-state index contributed by atoms with van der Waals surface area (Å²) in [5.41, 5.74) is -0.907. The first kappa shape index (κ1) is 27.3. The third kappa shape index (κ3) is 10.6. The number of carbonyl (C=O) groups is 2. The second kappa shape index (κ2) is 11.5. The zero-order chi connectivity index (χ0) is 21.5. The van der Waals surface area contributed by atoms with Crippen molar-refractivity contribution in [3.05, 3.63) is 59.7 Å². The van der Waals surface area contributed by atoms with Gasteiger partial charge >= 0.3 is 66.3 Å². The Morgan fingerprint density at radius 2 is 0.966 bits per heavy atom. The molecule has 0 atom stereocenters. The monoisotopic (exact) mass is 522 g/mol. The Balaban J connectivity index is 0.000000523. The van der Waals surface area contributed by atoms with E-state index >= 15 is 0 Å². The van der Waals surface area contributed by atoms with Gasteiger partial charge in [-0.05, 0) is 24.3 Å². The van der Waals surface area contributed by atoms with E-state index in [4.69, 9.17) is 9.11 Å². The predicted molar refractivity (Wildman–Crippen MR) is 91.7 cm³/mol. The maximum Gasteiger partial charge on any atom is 2.00 e. The van der Waals surface area contributed by atoms with Gasteiger partial charge in [-0.15, -0.1) is 0 Å². The molecular formula is C14H10O12S2Sr. The van der Waals surface area contributed by atoms with Crippen molar-refractivity contribution in [2.24, 2.45) is 0 Å². The molecule has 0 aliphatic heterocycles. The van der Waals surface area contributed by atoms with Crippen LogP contribution < -0.4 is 18.6 Å². The molecule has 0 heterocycles. The summed E-state index contributed by atoms with van der Waals surface area (Å²) in [5, 5.41) is 20.9. The van der Waals surface area contributed by atoms with E-state index in [1.54, 1.807) is 0 Å². The average Bonchev–Trinajstić information content (AvgIpc) is 2.53. The summed E-state index contributed by atoms with van der Waals surface area (Å²) in [6.45, 7) is 0. The number of carbonyl (C=O) groups excluding carboxylic acids is 2. The molecule has 2 aromatic rings. The molecule has 0 amide bonds. The van der Waals surface area contributed by atoms with E-state index in [2.05, 4.69) is 8.37 Å². The number of para-hydroxylation sites is 2. The van der Waals surface area contributed by atoms with Crippen molar-refractivity contribution in [1.82, 2.24) is 0 Å². The Kier molecular flexibility index (Phi) is 10.8. The molecule has 0 saturated carbocycles. The van der Waals surface area contributed by atoms with Crippen LogP contribution in [-0.4, -0.2) is 83.4 Å². The van der Waals surface area contributed by atoms with Gasteiger partial charge in [-0.25, -0.2) is 0 Å². The number of hydrogen-bond donors (Lipinski definition) is 2. The molecule has 15 heteroatoms. The minimum Gasteiger partial charge on any atom is -0.545 e. The molecule has 0 unspecified atom stereocenters. The Bertz CT molecular complexity index is 992. The van der Waals surface area contributed by atoms with E-state index in [1.165, 1.54) is 24.3 Å². The smallest absolute Gasteiger partial charge is 0.545 e. The van der Waals surface area contributed by atoms with Gasteiger partial charge in [0, 0.05) is 11.1 Å². The molecule has 0 aromatic heterocycles. The molecule has 2 rings (SSSR count).